The average Bonchev–Trinajstić information content (AvgIpc) is 2.86. The van der Waals surface area contributed by atoms with E-state index in [9.17, 15) is 0 Å². The van der Waals surface area contributed by atoms with E-state index in [1.165, 1.54) is 21.2 Å². The largest absolute Gasteiger partial charge is 2.00 e. The van der Waals surface area contributed by atoms with Crippen molar-refractivity contribution in [2.45, 2.75) is 25.7 Å². The zero-order valence-electron chi connectivity index (χ0n) is 19.4. The maximum absolute atomic E-state index is 8.89. The number of carboxylic acids is 1. The number of hydrogen-bond donors (Lipinski definition) is 0. The minimum absolute atomic E-state index is 0. The fourth-order valence-corrected chi connectivity index (χ4v) is 11.0. The number of carbonyl (C=O) groups is 1. The van der Waals surface area contributed by atoms with Crippen LogP contribution in [0.1, 0.15) is 20.3 Å². The van der Waals surface area contributed by atoms with Crippen LogP contribution < -0.4 is 26.3 Å². The van der Waals surface area contributed by atoms with Gasteiger partial charge < -0.3 is 9.90 Å². The molecule has 0 radical (unpaired) electrons. The third kappa shape index (κ3) is 7.98. The molecule has 0 saturated carbocycles. The Hall–Kier alpha value is -2.13. The quantitative estimate of drug-likeness (QED) is 0.235. The first-order valence-electron chi connectivity index (χ1n) is 11.1. The molecule has 0 atom stereocenters. The van der Waals surface area contributed by atoms with E-state index >= 15 is 0 Å². The Morgan fingerprint density at radius 1 is 0.618 bits per heavy atom. The van der Waals surface area contributed by atoms with Crippen molar-refractivity contribution in [3.05, 3.63) is 121 Å². The Morgan fingerprint density at radius 2 is 0.824 bits per heavy atom. The normalized spacial score (nSPS) is 10.4. The van der Waals surface area contributed by atoms with Crippen molar-refractivity contribution in [1.82, 2.24) is 0 Å². The van der Waals surface area contributed by atoms with Gasteiger partial charge in [-0.1, -0.05) is 128 Å². The van der Waals surface area contributed by atoms with E-state index in [0.717, 1.165) is 13.3 Å². The second kappa shape index (κ2) is 15.0. The smallest absolute Gasteiger partial charge is 0.550 e. The molecule has 0 fully saturated rings. The van der Waals surface area contributed by atoms with E-state index in [1.54, 1.807) is 0 Å². The third-order valence-corrected chi connectivity index (χ3v) is 11.8. The van der Waals surface area contributed by atoms with Gasteiger partial charge in [0.2, 0.25) is 0 Å². The maximum Gasteiger partial charge on any atom is 2.00 e. The summed E-state index contributed by atoms with van der Waals surface area (Å²) in [6.45, 7) is 3.34. The molecule has 0 aromatic heterocycles. The van der Waals surface area contributed by atoms with Gasteiger partial charge in [0.05, 0.1) is 0 Å². The van der Waals surface area contributed by atoms with Gasteiger partial charge in [-0.05, 0) is 50.4 Å². The van der Waals surface area contributed by atoms with Gasteiger partial charge in [-0.25, -0.2) is 0 Å². The van der Waals surface area contributed by atoms with Gasteiger partial charge in [-0.3, -0.25) is 0 Å². The monoisotopic (exact) mass is 577 g/mol. The first-order valence-corrected chi connectivity index (χ1v) is 13.9. The molecule has 0 saturated heterocycles. The first kappa shape index (κ1) is 28.1. The molecule has 0 aliphatic rings. The summed E-state index contributed by atoms with van der Waals surface area (Å²) < 4.78 is 0. The summed E-state index contributed by atoms with van der Waals surface area (Å²) in [5, 5.41) is 15.4. The molecule has 0 heterocycles. The Kier molecular flexibility index (Phi) is 12.4. The van der Waals surface area contributed by atoms with Crippen LogP contribution in [0.2, 0.25) is 0 Å². The van der Waals surface area contributed by atoms with E-state index in [-0.39, 0.29) is 20.4 Å². The van der Waals surface area contributed by atoms with Crippen molar-refractivity contribution in [3.63, 3.8) is 0 Å². The van der Waals surface area contributed by atoms with Gasteiger partial charge in [0.1, 0.15) is 0 Å². The summed E-state index contributed by atoms with van der Waals surface area (Å²) in [6.07, 6.45) is 1.16. The predicted molar refractivity (Wildman–Crippen MR) is 143 cm³/mol. The topological polar surface area (TPSA) is 40.1 Å². The fraction of sp³-hybridized carbons (Fsp3) is 0.138. The van der Waals surface area contributed by atoms with Crippen molar-refractivity contribution in [1.29, 1.82) is 0 Å². The van der Waals surface area contributed by atoms with Crippen LogP contribution in [0.15, 0.2) is 121 Å². The summed E-state index contributed by atoms with van der Waals surface area (Å²) in [7, 11) is -0.944. The van der Waals surface area contributed by atoms with Crippen LogP contribution in [0.5, 0.6) is 0 Å². The molecule has 0 amide bonds. The second-order valence-electron chi connectivity index (χ2n) is 7.46. The van der Waals surface area contributed by atoms with E-state index in [4.69, 9.17) is 9.90 Å². The SMILES string of the molecule is CC(=O)[O-].CCC(P(c1ccccc1)c1ccccc1)P(c1ccccc1)c1ccccc1.[Pd+2]. The zero-order chi connectivity index (χ0) is 23.5. The van der Waals surface area contributed by atoms with Gasteiger partial charge in [0, 0.05) is 11.4 Å². The number of rotatable bonds is 7. The summed E-state index contributed by atoms with van der Waals surface area (Å²) in [6, 6.07) is 44.6. The van der Waals surface area contributed by atoms with Crippen molar-refractivity contribution in [2.75, 3.05) is 0 Å². The Labute approximate surface area is 219 Å². The summed E-state index contributed by atoms with van der Waals surface area (Å²) in [5.74, 6) is -1.08. The molecule has 34 heavy (non-hydrogen) atoms. The van der Waals surface area contributed by atoms with Gasteiger partial charge in [-0.15, -0.1) is 0 Å². The van der Waals surface area contributed by atoms with Gasteiger partial charge in [-0.2, -0.15) is 0 Å². The molecule has 4 aromatic carbocycles. The molecule has 0 bridgehead atoms. The van der Waals surface area contributed by atoms with Gasteiger partial charge in [0.15, 0.2) is 0 Å². The summed E-state index contributed by atoms with van der Waals surface area (Å²) >= 11 is 0. The number of hydrogen-bond acceptors (Lipinski definition) is 2. The Bertz CT molecular complexity index is 928. The first-order chi connectivity index (χ1) is 16.1. The molecule has 2 nitrogen and oxygen atoms in total. The molecule has 0 spiro atoms. The van der Waals surface area contributed by atoms with E-state index in [0.29, 0.717) is 5.40 Å². The van der Waals surface area contributed by atoms with Crippen LogP contribution in [0.4, 0.5) is 0 Å². The number of carboxylic acid groups (broad SMARTS) is 1. The van der Waals surface area contributed by atoms with Gasteiger partial charge >= 0.3 is 20.4 Å². The van der Waals surface area contributed by atoms with Crippen LogP contribution in [0, 0.1) is 0 Å². The molecule has 4 rings (SSSR count). The van der Waals surface area contributed by atoms with Crippen molar-refractivity contribution < 1.29 is 30.3 Å². The minimum Gasteiger partial charge on any atom is -0.550 e. The van der Waals surface area contributed by atoms with Crippen LogP contribution in [0.25, 0.3) is 0 Å². The molecule has 4 aromatic rings. The minimum atomic E-state index is -1.08. The van der Waals surface area contributed by atoms with Crippen LogP contribution >= 0.6 is 15.8 Å². The van der Waals surface area contributed by atoms with E-state index in [2.05, 4.69) is 128 Å². The molecule has 0 aliphatic heterocycles. The van der Waals surface area contributed by atoms with Crippen LogP contribution in [0.3, 0.4) is 0 Å². The second-order valence-corrected chi connectivity index (χ2v) is 12.7. The van der Waals surface area contributed by atoms with Crippen LogP contribution in [-0.4, -0.2) is 11.4 Å². The molecule has 0 N–H and O–H groups in total. The molecule has 0 aliphatic carbocycles. The van der Waals surface area contributed by atoms with Crippen molar-refractivity contribution in [2.24, 2.45) is 0 Å². The Morgan fingerprint density at radius 3 is 1.00 bits per heavy atom. The summed E-state index contributed by atoms with van der Waals surface area (Å²) in [4.78, 5) is 8.89. The van der Waals surface area contributed by atoms with E-state index < -0.39 is 21.8 Å². The van der Waals surface area contributed by atoms with Crippen molar-refractivity contribution in [3.8, 4) is 0 Å². The molecule has 0 unspecified atom stereocenters. The standard InChI is InChI=1S/C27H26P2.C2H4O2.Pd/c1-2-27(28(23-15-7-3-8-16-23)24-17-9-4-10-18-24)29(25-19-11-5-12-20-25)26-21-13-6-14-22-26;1-2(3)4;/h3-22,27H,2H2,1H3;1H3,(H,3,4);/q;;+2/p-1. The molecular weight excluding hydrogens is 549 g/mol. The van der Waals surface area contributed by atoms with E-state index in [1.807, 2.05) is 0 Å². The van der Waals surface area contributed by atoms with Crippen LogP contribution in [-0.2, 0) is 25.2 Å². The van der Waals surface area contributed by atoms with Gasteiger partial charge in [0.25, 0.3) is 0 Å². The Balaban J connectivity index is 0.000000758. The average molecular weight is 578 g/mol. The van der Waals surface area contributed by atoms with Crippen molar-refractivity contribution >= 4 is 43.0 Å². The molecule has 5 heteroatoms. The number of benzene rings is 4. The molecular formula is C29H29O2P2Pd+. The molecule has 176 valence electrons. The number of aliphatic carboxylic acids is 1. The summed E-state index contributed by atoms with van der Waals surface area (Å²) in [5.41, 5.74) is 0. The number of carbonyl (C=O) groups excluding carboxylic acids is 1. The third-order valence-electron chi connectivity index (χ3n) is 5.10. The zero-order valence-corrected chi connectivity index (χ0v) is 22.7. The maximum atomic E-state index is 8.89. The predicted octanol–water partition coefficient (Wildman–Crippen LogP) is 4.74. The fourth-order valence-electron chi connectivity index (χ4n) is 3.82.